The highest BCUT2D eigenvalue weighted by atomic mass is 32.2. The summed E-state index contributed by atoms with van der Waals surface area (Å²) in [5, 5.41) is 0. The van der Waals surface area contributed by atoms with Crippen LogP contribution in [-0.4, -0.2) is 15.0 Å². The third kappa shape index (κ3) is 4.76. The summed E-state index contributed by atoms with van der Waals surface area (Å²) in [6, 6.07) is 0. The minimum absolute atomic E-state index is 0.339. The molecule has 0 N–H and O–H groups in total. The summed E-state index contributed by atoms with van der Waals surface area (Å²) in [5.74, 6) is 0.382. The molecule has 0 rings (SSSR count). The highest BCUT2D eigenvalue weighted by molar-refractivity contribution is 7.67. The predicted octanol–water partition coefficient (Wildman–Crippen LogP) is 0.966. The summed E-state index contributed by atoms with van der Waals surface area (Å²) in [7, 11) is -2.64. The van der Waals surface area contributed by atoms with Gasteiger partial charge >= 0.3 is 0 Å². The molecule has 0 aromatic rings. The molecule has 10 heavy (non-hydrogen) atoms. The van der Waals surface area contributed by atoms with Gasteiger partial charge in [-0.3, -0.25) is 4.18 Å². The molecule has 0 bridgehead atoms. The van der Waals surface area contributed by atoms with Crippen molar-refractivity contribution in [1.29, 1.82) is 0 Å². The second-order valence-corrected chi connectivity index (χ2v) is 2.91. The van der Waals surface area contributed by atoms with Gasteiger partial charge in [0.25, 0.3) is 11.0 Å². The monoisotopic (exact) mass is 166 g/mol. The summed E-state index contributed by atoms with van der Waals surface area (Å²) in [4.78, 5) is 0. The minimum atomic E-state index is -2.64. The predicted molar refractivity (Wildman–Crippen MR) is 40.3 cm³/mol. The van der Waals surface area contributed by atoms with E-state index in [1.54, 1.807) is 0 Å². The first kappa shape index (κ1) is 9.91. The third-order valence-corrected chi connectivity index (χ3v) is 1.93. The highest BCUT2D eigenvalue weighted by Gasteiger charge is 2.02. The van der Waals surface area contributed by atoms with Crippen LogP contribution in [0.2, 0.25) is 0 Å². The lowest BCUT2D eigenvalue weighted by Crippen LogP contribution is -2.06. The van der Waals surface area contributed by atoms with Gasteiger partial charge in [-0.05, 0) is 5.92 Å². The standard InChI is InChI=1S/C6H14O3S/c1-3-6(4-2)5-9-10(7)8/h6,10H,3-5H2,1-2H3. The highest BCUT2D eigenvalue weighted by Crippen LogP contribution is 2.06. The quantitative estimate of drug-likeness (QED) is 0.619. The molecule has 0 saturated heterocycles. The minimum Gasteiger partial charge on any atom is -0.272 e. The van der Waals surface area contributed by atoms with Gasteiger partial charge in [-0.1, -0.05) is 26.7 Å². The van der Waals surface area contributed by atoms with Crippen molar-refractivity contribution in [3.8, 4) is 0 Å². The van der Waals surface area contributed by atoms with Crippen LogP contribution in [0.5, 0.6) is 0 Å². The van der Waals surface area contributed by atoms with Crippen molar-refractivity contribution in [2.24, 2.45) is 5.92 Å². The Morgan fingerprint density at radius 3 is 2.10 bits per heavy atom. The van der Waals surface area contributed by atoms with E-state index in [2.05, 4.69) is 4.18 Å². The van der Waals surface area contributed by atoms with Crippen molar-refractivity contribution in [3.63, 3.8) is 0 Å². The Morgan fingerprint density at radius 1 is 1.30 bits per heavy atom. The van der Waals surface area contributed by atoms with E-state index >= 15 is 0 Å². The lowest BCUT2D eigenvalue weighted by Gasteiger charge is -2.07. The van der Waals surface area contributed by atoms with E-state index in [1.807, 2.05) is 13.8 Å². The van der Waals surface area contributed by atoms with E-state index in [0.717, 1.165) is 12.8 Å². The molecule has 0 aromatic heterocycles. The first-order chi connectivity index (χ1) is 4.70. The molecule has 0 atom stereocenters. The summed E-state index contributed by atoms with van der Waals surface area (Å²) in [5.41, 5.74) is 0. The van der Waals surface area contributed by atoms with E-state index in [-0.39, 0.29) is 0 Å². The molecule has 0 aliphatic rings. The second-order valence-electron chi connectivity index (χ2n) is 2.20. The van der Waals surface area contributed by atoms with Crippen LogP contribution in [0.1, 0.15) is 26.7 Å². The number of rotatable bonds is 5. The first-order valence-electron chi connectivity index (χ1n) is 3.48. The molecule has 0 radical (unpaired) electrons. The van der Waals surface area contributed by atoms with Gasteiger partial charge in [0.05, 0.1) is 6.61 Å². The van der Waals surface area contributed by atoms with Crippen LogP contribution in [0.4, 0.5) is 0 Å². The Kier molecular flexibility index (Phi) is 5.63. The van der Waals surface area contributed by atoms with Gasteiger partial charge < -0.3 is 0 Å². The summed E-state index contributed by atoms with van der Waals surface area (Å²) >= 11 is 0. The Bertz CT molecular complexity index is 130. The molecule has 3 nitrogen and oxygen atoms in total. The molecule has 0 aromatic carbocycles. The Morgan fingerprint density at radius 2 is 1.80 bits per heavy atom. The molecule has 0 spiro atoms. The van der Waals surface area contributed by atoms with Crippen LogP contribution in [-0.2, 0) is 15.2 Å². The maximum atomic E-state index is 9.95. The van der Waals surface area contributed by atoms with Crippen molar-refractivity contribution in [2.45, 2.75) is 26.7 Å². The zero-order chi connectivity index (χ0) is 7.98. The van der Waals surface area contributed by atoms with Crippen molar-refractivity contribution in [2.75, 3.05) is 6.61 Å². The van der Waals surface area contributed by atoms with E-state index in [1.165, 1.54) is 0 Å². The van der Waals surface area contributed by atoms with Gasteiger partial charge in [-0.25, -0.2) is 8.42 Å². The summed E-state index contributed by atoms with van der Waals surface area (Å²) < 4.78 is 24.3. The Hall–Kier alpha value is -0.0900. The third-order valence-electron chi connectivity index (χ3n) is 1.57. The van der Waals surface area contributed by atoms with Crippen LogP contribution in [0.15, 0.2) is 0 Å². The van der Waals surface area contributed by atoms with Gasteiger partial charge in [-0.15, -0.1) is 0 Å². The van der Waals surface area contributed by atoms with Crippen LogP contribution in [0.25, 0.3) is 0 Å². The molecule has 62 valence electrons. The molecule has 0 aliphatic heterocycles. The van der Waals surface area contributed by atoms with Crippen molar-refractivity contribution in [1.82, 2.24) is 0 Å². The molecule has 0 saturated carbocycles. The van der Waals surface area contributed by atoms with E-state index in [0.29, 0.717) is 12.5 Å². The lowest BCUT2D eigenvalue weighted by molar-refractivity contribution is 0.255. The Balaban J connectivity index is 3.44. The normalized spacial score (nSPS) is 11.2. The van der Waals surface area contributed by atoms with E-state index < -0.39 is 11.0 Å². The topological polar surface area (TPSA) is 43.4 Å². The van der Waals surface area contributed by atoms with Gasteiger partial charge in [-0.2, -0.15) is 0 Å². The molecular weight excluding hydrogens is 152 g/mol. The average molecular weight is 166 g/mol. The summed E-state index contributed by atoms with van der Waals surface area (Å²) in [6.07, 6.45) is 1.94. The van der Waals surface area contributed by atoms with E-state index in [4.69, 9.17) is 0 Å². The molecule has 0 aliphatic carbocycles. The zero-order valence-electron chi connectivity index (χ0n) is 6.37. The van der Waals surface area contributed by atoms with Crippen molar-refractivity contribution in [3.05, 3.63) is 0 Å². The second kappa shape index (κ2) is 5.68. The summed E-state index contributed by atoms with van der Waals surface area (Å²) in [6.45, 7) is 4.39. The van der Waals surface area contributed by atoms with Gasteiger partial charge in [0.15, 0.2) is 0 Å². The molecule has 4 heteroatoms. The fraction of sp³-hybridized carbons (Fsp3) is 1.00. The number of hydrogen-bond acceptors (Lipinski definition) is 3. The molecular formula is C6H14O3S. The molecule has 0 fully saturated rings. The van der Waals surface area contributed by atoms with E-state index in [9.17, 15) is 8.42 Å². The van der Waals surface area contributed by atoms with Crippen molar-refractivity contribution < 1.29 is 12.6 Å². The maximum absolute atomic E-state index is 9.95. The lowest BCUT2D eigenvalue weighted by atomic mass is 10.1. The van der Waals surface area contributed by atoms with Crippen molar-refractivity contribution >= 4 is 11.0 Å². The maximum Gasteiger partial charge on any atom is 0.257 e. The smallest absolute Gasteiger partial charge is 0.257 e. The van der Waals surface area contributed by atoms with Crippen LogP contribution >= 0.6 is 0 Å². The number of hydrogen-bond donors (Lipinski definition) is 1. The zero-order valence-corrected chi connectivity index (χ0v) is 7.27. The van der Waals surface area contributed by atoms with Gasteiger partial charge in [0.2, 0.25) is 0 Å². The van der Waals surface area contributed by atoms with Crippen LogP contribution in [0, 0.1) is 5.92 Å². The fourth-order valence-corrected chi connectivity index (χ4v) is 1.02. The molecule has 0 amide bonds. The van der Waals surface area contributed by atoms with Crippen LogP contribution in [0.3, 0.4) is 0 Å². The fourth-order valence-electron chi connectivity index (χ4n) is 0.691. The van der Waals surface area contributed by atoms with Crippen LogP contribution < -0.4 is 0 Å². The first-order valence-corrected chi connectivity index (χ1v) is 4.57. The number of thiol groups is 1. The SMILES string of the molecule is CCC(CC)CO[SH](=O)=O. The average Bonchev–Trinajstić information content (AvgIpc) is 1.90. The van der Waals surface area contributed by atoms with Gasteiger partial charge in [0, 0.05) is 0 Å². The molecule has 0 heterocycles. The largest absolute Gasteiger partial charge is 0.272 e. The molecule has 0 unspecified atom stereocenters. The Labute approximate surface area is 63.5 Å². The van der Waals surface area contributed by atoms with Gasteiger partial charge in [0.1, 0.15) is 0 Å².